The number of hydrogen-bond donors (Lipinski definition) is 1. The molecule has 0 aromatic carbocycles. The van der Waals surface area contributed by atoms with E-state index < -0.39 is 0 Å². The number of nitrogens with one attached hydrogen (secondary N) is 1. The molecule has 1 N–H and O–H groups in total. The first kappa shape index (κ1) is 5.73. The molecule has 0 radical (unpaired) electrons. The van der Waals surface area contributed by atoms with Crippen LogP contribution in [0.2, 0.25) is 0 Å². The second-order valence-electron chi connectivity index (χ2n) is 1.58. The number of aromatic nitrogens is 1. The lowest BCUT2D eigenvalue weighted by molar-refractivity contribution is 1.32. The van der Waals surface area contributed by atoms with Gasteiger partial charge in [0.15, 0.2) is 0 Å². The Morgan fingerprint density at radius 2 is 2.56 bits per heavy atom. The lowest BCUT2D eigenvalue weighted by Crippen LogP contribution is -1.71. The van der Waals surface area contributed by atoms with Crippen LogP contribution >= 0.6 is 0 Å². The molecule has 1 rings (SSSR count). The van der Waals surface area contributed by atoms with Gasteiger partial charge in [-0.25, -0.2) is 0 Å². The third kappa shape index (κ3) is 1.52. The zero-order chi connectivity index (χ0) is 6.53. The van der Waals surface area contributed by atoms with Crippen molar-refractivity contribution in [1.29, 1.82) is 5.41 Å². The van der Waals surface area contributed by atoms with Crippen LogP contribution in [-0.4, -0.2) is 10.9 Å². The van der Waals surface area contributed by atoms with Crippen LogP contribution in [-0.2, 0) is 0 Å². The van der Waals surface area contributed by atoms with E-state index in [9.17, 15) is 0 Å². The van der Waals surface area contributed by atoms with Gasteiger partial charge in [-0.15, -0.1) is 0 Å². The van der Waals surface area contributed by atoms with Gasteiger partial charge in [-0.1, -0.05) is 6.07 Å². The van der Waals surface area contributed by atoms with Gasteiger partial charge in [-0.3, -0.25) is 10.4 Å². The van der Waals surface area contributed by atoms with E-state index in [-0.39, 0.29) is 0 Å². The minimum atomic E-state index is 0.910. The molecule has 0 aliphatic rings. The number of pyridine rings is 1. The van der Waals surface area contributed by atoms with Crippen molar-refractivity contribution in [2.24, 2.45) is 0 Å². The normalized spacial score (nSPS) is 8.00. The molecule has 2 heteroatoms. The average molecular weight is 118 g/mol. The lowest BCUT2D eigenvalue weighted by Gasteiger charge is -1.84. The molecule has 0 aliphatic carbocycles. The summed E-state index contributed by atoms with van der Waals surface area (Å²) >= 11 is 0. The van der Waals surface area contributed by atoms with E-state index in [4.69, 9.17) is 5.41 Å². The SMILES string of the molecule is N=C=Cc1cccnc1. The molecule has 1 aromatic rings. The van der Waals surface area contributed by atoms with Crippen molar-refractivity contribution in [3.63, 3.8) is 0 Å². The topological polar surface area (TPSA) is 36.7 Å². The number of hydrogen-bond acceptors (Lipinski definition) is 2. The molecule has 0 aliphatic heterocycles. The molecule has 9 heavy (non-hydrogen) atoms. The summed E-state index contributed by atoms with van der Waals surface area (Å²) in [4.78, 5) is 3.85. The number of nitrogens with zero attached hydrogens (tertiary/aromatic N) is 1. The highest BCUT2D eigenvalue weighted by Crippen LogP contribution is 1.93. The van der Waals surface area contributed by atoms with Gasteiger partial charge >= 0.3 is 0 Å². The molecule has 1 heterocycles. The third-order valence-electron chi connectivity index (χ3n) is 0.923. The zero-order valence-electron chi connectivity index (χ0n) is 4.83. The zero-order valence-corrected chi connectivity index (χ0v) is 4.83. The van der Waals surface area contributed by atoms with Gasteiger partial charge in [0, 0.05) is 24.0 Å². The molecule has 0 fully saturated rings. The maximum Gasteiger partial charge on any atom is 0.0347 e. The van der Waals surface area contributed by atoms with Gasteiger partial charge in [-0.2, -0.15) is 0 Å². The second-order valence-corrected chi connectivity index (χ2v) is 1.58. The Hall–Kier alpha value is -1.40. The van der Waals surface area contributed by atoms with Crippen molar-refractivity contribution >= 4 is 11.9 Å². The molecule has 0 saturated heterocycles. The molecule has 2 nitrogen and oxygen atoms in total. The predicted molar refractivity (Wildman–Crippen MR) is 36.4 cm³/mol. The van der Waals surface area contributed by atoms with Crippen molar-refractivity contribution in [3.05, 3.63) is 30.1 Å². The highest BCUT2D eigenvalue weighted by atomic mass is 14.6. The van der Waals surface area contributed by atoms with Crippen molar-refractivity contribution in [1.82, 2.24) is 4.98 Å². The molecule has 1 aromatic heterocycles. The second kappa shape index (κ2) is 2.80. The molecule has 0 spiro atoms. The molecule has 0 amide bonds. The van der Waals surface area contributed by atoms with Gasteiger partial charge in [-0.05, 0) is 11.9 Å². The molecule has 0 bridgehead atoms. The highest BCUT2D eigenvalue weighted by molar-refractivity contribution is 5.75. The summed E-state index contributed by atoms with van der Waals surface area (Å²) < 4.78 is 0. The molecular formula is C7H6N2. The summed E-state index contributed by atoms with van der Waals surface area (Å²) in [5.41, 5.74) is 0.910. The van der Waals surface area contributed by atoms with Crippen molar-refractivity contribution < 1.29 is 0 Å². The van der Waals surface area contributed by atoms with E-state index >= 15 is 0 Å². The van der Waals surface area contributed by atoms with Gasteiger partial charge in [0.25, 0.3) is 0 Å². The van der Waals surface area contributed by atoms with Crippen molar-refractivity contribution in [2.45, 2.75) is 0 Å². The fourth-order valence-electron chi connectivity index (χ4n) is 0.545. The largest absolute Gasteiger partial charge is 0.264 e. The summed E-state index contributed by atoms with van der Waals surface area (Å²) in [6.45, 7) is 0. The van der Waals surface area contributed by atoms with E-state index in [0.29, 0.717) is 0 Å². The van der Waals surface area contributed by atoms with Crippen molar-refractivity contribution in [2.75, 3.05) is 0 Å². The molecular weight excluding hydrogens is 112 g/mol. The van der Waals surface area contributed by atoms with E-state index in [2.05, 4.69) is 10.9 Å². The standard InChI is InChI=1S/C7H6N2/c8-4-3-7-2-1-5-9-6-7/h1-3,5-6,8H. The smallest absolute Gasteiger partial charge is 0.0347 e. The van der Waals surface area contributed by atoms with Crippen LogP contribution in [0.15, 0.2) is 24.5 Å². The Morgan fingerprint density at radius 1 is 1.67 bits per heavy atom. The van der Waals surface area contributed by atoms with Gasteiger partial charge < -0.3 is 0 Å². The maximum absolute atomic E-state index is 6.61. The van der Waals surface area contributed by atoms with Crippen LogP contribution < -0.4 is 0 Å². The van der Waals surface area contributed by atoms with E-state index in [1.165, 1.54) is 0 Å². The van der Waals surface area contributed by atoms with Crippen LogP contribution in [0.5, 0.6) is 0 Å². The first-order chi connectivity index (χ1) is 4.43. The molecule has 0 unspecified atom stereocenters. The molecule has 0 atom stereocenters. The van der Waals surface area contributed by atoms with Gasteiger partial charge in [0.2, 0.25) is 0 Å². The van der Waals surface area contributed by atoms with Crippen LogP contribution in [0.1, 0.15) is 5.56 Å². The van der Waals surface area contributed by atoms with E-state index in [1.807, 2.05) is 12.1 Å². The third-order valence-corrected chi connectivity index (χ3v) is 0.923. The van der Waals surface area contributed by atoms with Gasteiger partial charge in [0.1, 0.15) is 0 Å². The van der Waals surface area contributed by atoms with E-state index in [1.54, 1.807) is 18.5 Å². The summed E-state index contributed by atoms with van der Waals surface area (Å²) in [5.74, 6) is 2.17. The van der Waals surface area contributed by atoms with Crippen LogP contribution in [0, 0.1) is 5.41 Å². The summed E-state index contributed by atoms with van der Waals surface area (Å²) in [6, 6.07) is 3.69. The van der Waals surface area contributed by atoms with Crippen LogP contribution in [0.25, 0.3) is 6.08 Å². The molecule has 0 saturated carbocycles. The maximum atomic E-state index is 6.61. The summed E-state index contributed by atoms with van der Waals surface area (Å²) in [5, 5.41) is 6.61. The Bertz CT molecular complexity index is 222. The predicted octanol–water partition coefficient (Wildman–Crippen LogP) is 1.34. The average Bonchev–Trinajstić information content (AvgIpc) is 1.91. The highest BCUT2D eigenvalue weighted by Gasteiger charge is 1.79. The van der Waals surface area contributed by atoms with E-state index in [0.717, 1.165) is 5.56 Å². The minimum Gasteiger partial charge on any atom is -0.264 e. The van der Waals surface area contributed by atoms with Gasteiger partial charge in [0.05, 0.1) is 0 Å². The fourth-order valence-corrected chi connectivity index (χ4v) is 0.545. The summed E-state index contributed by atoms with van der Waals surface area (Å²) in [6.07, 6.45) is 4.94. The van der Waals surface area contributed by atoms with Crippen LogP contribution in [0.3, 0.4) is 0 Å². The lowest BCUT2D eigenvalue weighted by atomic mass is 10.3. The Kier molecular flexibility index (Phi) is 1.78. The first-order valence-electron chi connectivity index (χ1n) is 2.59. The summed E-state index contributed by atoms with van der Waals surface area (Å²) in [7, 11) is 0. The molecule has 44 valence electrons. The fraction of sp³-hybridized carbons (Fsp3) is 0. The Balaban J connectivity index is 2.97. The number of rotatable bonds is 1. The van der Waals surface area contributed by atoms with Crippen molar-refractivity contribution in [3.8, 4) is 0 Å². The minimum absolute atomic E-state index is 0.910. The first-order valence-corrected chi connectivity index (χ1v) is 2.59. The quantitative estimate of drug-likeness (QED) is 0.555. The Labute approximate surface area is 53.4 Å². The van der Waals surface area contributed by atoms with Crippen LogP contribution in [0.4, 0.5) is 0 Å². The monoisotopic (exact) mass is 118 g/mol. The Morgan fingerprint density at radius 3 is 3.11 bits per heavy atom.